The fraction of sp³-hybridized carbons (Fsp3) is 0.364. The standard InChI is InChI=1S/C11H12ClNO2/c12-9-7-4-2-1-3-6(7)5-8(10(9)14)11(13)15/h5,14H,1-4H2,(H2,13,15). The molecule has 4 heteroatoms. The number of carbonyl (C=O) groups is 1. The zero-order chi connectivity index (χ0) is 11.0. The van der Waals surface area contributed by atoms with Gasteiger partial charge in [-0.25, -0.2) is 0 Å². The van der Waals surface area contributed by atoms with E-state index < -0.39 is 5.91 Å². The van der Waals surface area contributed by atoms with E-state index in [9.17, 15) is 9.90 Å². The minimum absolute atomic E-state index is 0.126. The van der Waals surface area contributed by atoms with Gasteiger partial charge in [-0.05, 0) is 42.9 Å². The molecule has 2 rings (SSSR count). The third kappa shape index (κ3) is 1.67. The maximum absolute atomic E-state index is 11.1. The van der Waals surface area contributed by atoms with E-state index >= 15 is 0 Å². The van der Waals surface area contributed by atoms with E-state index in [0.29, 0.717) is 5.02 Å². The normalized spacial score (nSPS) is 14.7. The molecule has 1 aromatic carbocycles. The first-order valence-electron chi connectivity index (χ1n) is 4.94. The van der Waals surface area contributed by atoms with Gasteiger partial charge in [-0.3, -0.25) is 4.79 Å². The Morgan fingerprint density at radius 2 is 2.07 bits per heavy atom. The van der Waals surface area contributed by atoms with Crippen LogP contribution in [-0.2, 0) is 12.8 Å². The van der Waals surface area contributed by atoms with Crippen LogP contribution in [0.2, 0.25) is 5.02 Å². The van der Waals surface area contributed by atoms with Crippen LogP contribution in [0.25, 0.3) is 0 Å². The zero-order valence-corrected chi connectivity index (χ0v) is 8.97. The summed E-state index contributed by atoms with van der Waals surface area (Å²) in [4.78, 5) is 11.1. The number of amides is 1. The van der Waals surface area contributed by atoms with Gasteiger partial charge < -0.3 is 10.8 Å². The Kier molecular flexibility index (Phi) is 2.57. The number of aromatic hydroxyl groups is 1. The molecule has 0 spiro atoms. The molecule has 0 fully saturated rings. The van der Waals surface area contributed by atoms with E-state index in [1.807, 2.05) is 0 Å². The molecule has 0 atom stereocenters. The van der Waals surface area contributed by atoms with Crippen molar-refractivity contribution in [1.29, 1.82) is 0 Å². The van der Waals surface area contributed by atoms with E-state index in [1.54, 1.807) is 6.07 Å². The molecule has 1 aromatic rings. The Bertz CT molecular complexity index is 429. The summed E-state index contributed by atoms with van der Waals surface area (Å²) >= 11 is 6.00. The van der Waals surface area contributed by atoms with Crippen molar-refractivity contribution in [3.05, 3.63) is 27.8 Å². The molecule has 0 aliphatic heterocycles. The summed E-state index contributed by atoms with van der Waals surface area (Å²) in [7, 11) is 0. The topological polar surface area (TPSA) is 63.3 Å². The average Bonchev–Trinajstić information content (AvgIpc) is 2.23. The number of rotatable bonds is 1. The van der Waals surface area contributed by atoms with Gasteiger partial charge in [0.1, 0.15) is 5.75 Å². The largest absolute Gasteiger partial charge is 0.506 e. The SMILES string of the molecule is NC(=O)c1cc2c(c(Cl)c1O)CCCC2. The van der Waals surface area contributed by atoms with Crippen LogP contribution in [0.3, 0.4) is 0 Å². The van der Waals surface area contributed by atoms with Gasteiger partial charge in [0.15, 0.2) is 0 Å². The van der Waals surface area contributed by atoms with Crippen LogP contribution < -0.4 is 5.73 Å². The second kappa shape index (κ2) is 3.74. The summed E-state index contributed by atoms with van der Waals surface area (Å²) in [6.07, 6.45) is 3.92. The van der Waals surface area contributed by atoms with Crippen LogP contribution in [0.15, 0.2) is 6.07 Å². The zero-order valence-electron chi connectivity index (χ0n) is 8.22. The van der Waals surface area contributed by atoms with Gasteiger partial charge in [0.25, 0.3) is 5.91 Å². The maximum atomic E-state index is 11.1. The second-order valence-electron chi connectivity index (χ2n) is 3.80. The third-order valence-corrected chi connectivity index (χ3v) is 3.23. The number of carbonyl (C=O) groups excluding carboxylic acids is 1. The first-order chi connectivity index (χ1) is 7.11. The van der Waals surface area contributed by atoms with Gasteiger partial charge in [-0.15, -0.1) is 0 Å². The number of fused-ring (bicyclic) bond motifs is 1. The number of hydrogen-bond donors (Lipinski definition) is 2. The monoisotopic (exact) mass is 225 g/mol. The van der Waals surface area contributed by atoms with E-state index in [0.717, 1.165) is 36.8 Å². The molecule has 80 valence electrons. The Morgan fingerprint density at radius 1 is 1.40 bits per heavy atom. The molecule has 3 N–H and O–H groups in total. The highest BCUT2D eigenvalue weighted by atomic mass is 35.5. The summed E-state index contributed by atoms with van der Waals surface area (Å²) in [5.74, 6) is -0.812. The van der Waals surface area contributed by atoms with E-state index in [2.05, 4.69) is 0 Å². The van der Waals surface area contributed by atoms with Crippen molar-refractivity contribution in [1.82, 2.24) is 0 Å². The molecule has 0 radical (unpaired) electrons. The molecule has 1 amide bonds. The van der Waals surface area contributed by atoms with E-state index in [1.165, 1.54) is 0 Å². The van der Waals surface area contributed by atoms with Crippen LogP contribution in [0.1, 0.15) is 34.3 Å². The third-order valence-electron chi connectivity index (χ3n) is 2.82. The Balaban J connectivity index is 2.63. The van der Waals surface area contributed by atoms with Crippen molar-refractivity contribution in [3.8, 4) is 5.75 Å². The van der Waals surface area contributed by atoms with Crippen LogP contribution in [0, 0.1) is 0 Å². The molecule has 1 aliphatic rings. The van der Waals surface area contributed by atoms with E-state index in [4.69, 9.17) is 17.3 Å². The lowest BCUT2D eigenvalue weighted by molar-refractivity contribution is 0.0997. The summed E-state index contributed by atoms with van der Waals surface area (Å²) < 4.78 is 0. The van der Waals surface area contributed by atoms with E-state index in [-0.39, 0.29) is 11.3 Å². The maximum Gasteiger partial charge on any atom is 0.252 e. The molecule has 0 heterocycles. The molecular weight excluding hydrogens is 214 g/mol. The van der Waals surface area contributed by atoms with Crippen molar-refractivity contribution in [2.24, 2.45) is 5.73 Å². The Morgan fingerprint density at radius 3 is 2.73 bits per heavy atom. The summed E-state index contributed by atoms with van der Waals surface area (Å²) in [5.41, 5.74) is 7.29. The molecule has 1 aliphatic carbocycles. The molecular formula is C11H12ClNO2. The van der Waals surface area contributed by atoms with Crippen LogP contribution >= 0.6 is 11.6 Å². The molecule has 3 nitrogen and oxygen atoms in total. The Hall–Kier alpha value is -1.22. The number of aryl methyl sites for hydroxylation is 1. The van der Waals surface area contributed by atoms with Crippen molar-refractivity contribution in [2.75, 3.05) is 0 Å². The minimum atomic E-state index is -0.636. The fourth-order valence-electron chi connectivity index (χ4n) is 2.03. The average molecular weight is 226 g/mol. The minimum Gasteiger partial charge on any atom is -0.506 e. The lowest BCUT2D eigenvalue weighted by Gasteiger charge is -2.19. The first-order valence-corrected chi connectivity index (χ1v) is 5.32. The highest BCUT2D eigenvalue weighted by molar-refractivity contribution is 6.33. The number of benzene rings is 1. The van der Waals surface area contributed by atoms with Crippen molar-refractivity contribution in [2.45, 2.75) is 25.7 Å². The highest BCUT2D eigenvalue weighted by Crippen LogP contribution is 2.37. The lowest BCUT2D eigenvalue weighted by atomic mass is 9.89. The summed E-state index contributed by atoms with van der Waals surface area (Å²) in [6, 6.07) is 1.66. The predicted molar refractivity (Wildman–Crippen MR) is 58.3 cm³/mol. The highest BCUT2D eigenvalue weighted by Gasteiger charge is 2.20. The Labute approximate surface area is 92.8 Å². The molecule has 0 unspecified atom stereocenters. The smallest absolute Gasteiger partial charge is 0.252 e. The summed E-state index contributed by atoms with van der Waals surface area (Å²) in [6.45, 7) is 0. The van der Waals surface area contributed by atoms with Crippen LogP contribution in [0.4, 0.5) is 0 Å². The first kappa shape index (κ1) is 10.3. The molecule has 15 heavy (non-hydrogen) atoms. The van der Waals surface area contributed by atoms with Crippen LogP contribution in [0.5, 0.6) is 5.75 Å². The molecule has 0 saturated heterocycles. The number of phenols is 1. The van der Waals surface area contributed by atoms with Gasteiger partial charge in [0, 0.05) is 0 Å². The number of hydrogen-bond acceptors (Lipinski definition) is 2. The lowest BCUT2D eigenvalue weighted by Crippen LogP contribution is -2.14. The van der Waals surface area contributed by atoms with Gasteiger partial charge in [-0.1, -0.05) is 11.6 Å². The van der Waals surface area contributed by atoms with Gasteiger partial charge >= 0.3 is 0 Å². The number of halogens is 1. The van der Waals surface area contributed by atoms with Crippen LogP contribution in [-0.4, -0.2) is 11.0 Å². The van der Waals surface area contributed by atoms with Gasteiger partial charge in [-0.2, -0.15) is 0 Å². The molecule has 0 bridgehead atoms. The predicted octanol–water partition coefficient (Wildman–Crippen LogP) is 2.02. The van der Waals surface area contributed by atoms with Crippen molar-refractivity contribution < 1.29 is 9.90 Å². The number of primary amides is 1. The van der Waals surface area contributed by atoms with Gasteiger partial charge in [0.05, 0.1) is 10.6 Å². The fourth-order valence-corrected chi connectivity index (χ4v) is 2.35. The summed E-state index contributed by atoms with van der Waals surface area (Å²) in [5, 5.41) is 9.98. The van der Waals surface area contributed by atoms with Crippen molar-refractivity contribution in [3.63, 3.8) is 0 Å². The molecule has 0 aromatic heterocycles. The second-order valence-corrected chi connectivity index (χ2v) is 4.17. The number of nitrogens with two attached hydrogens (primary N) is 1. The molecule has 0 saturated carbocycles. The van der Waals surface area contributed by atoms with Gasteiger partial charge in [0.2, 0.25) is 0 Å². The van der Waals surface area contributed by atoms with Crippen molar-refractivity contribution >= 4 is 17.5 Å². The quantitative estimate of drug-likeness (QED) is 0.768.